The molecule has 0 radical (unpaired) electrons. The van der Waals surface area contributed by atoms with Crippen LogP contribution in [-0.4, -0.2) is 33.7 Å². The molecular weight excluding hydrogens is 192 g/mol. The van der Waals surface area contributed by atoms with Crippen LogP contribution in [0.2, 0.25) is 0 Å². The quantitative estimate of drug-likeness (QED) is 0.730. The van der Waals surface area contributed by atoms with Gasteiger partial charge in [0, 0.05) is 25.4 Å². The molecule has 2 N–H and O–H groups in total. The van der Waals surface area contributed by atoms with E-state index in [1.54, 1.807) is 4.52 Å². The van der Waals surface area contributed by atoms with Gasteiger partial charge in [0.1, 0.15) is 0 Å². The summed E-state index contributed by atoms with van der Waals surface area (Å²) in [7, 11) is 3.82. The minimum absolute atomic E-state index is 0.272. The van der Waals surface area contributed by atoms with E-state index in [4.69, 9.17) is 5.73 Å². The Hall–Kier alpha value is -1.85. The van der Waals surface area contributed by atoms with Gasteiger partial charge in [-0.15, -0.1) is 5.10 Å². The molecular formula is C9H14N6. The van der Waals surface area contributed by atoms with Crippen molar-refractivity contribution >= 4 is 17.5 Å². The van der Waals surface area contributed by atoms with Gasteiger partial charge < -0.3 is 10.6 Å². The molecule has 0 saturated heterocycles. The fourth-order valence-corrected chi connectivity index (χ4v) is 1.44. The highest BCUT2D eigenvalue weighted by atomic mass is 15.4. The lowest BCUT2D eigenvalue weighted by atomic mass is 10.2. The third-order valence-electron chi connectivity index (χ3n) is 2.36. The molecule has 2 aromatic rings. The average Bonchev–Trinajstić information content (AvgIpc) is 2.53. The molecule has 0 saturated carbocycles. The third-order valence-corrected chi connectivity index (χ3v) is 2.36. The molecule has 2 aromatic heterocycles. The first kappa shape index (κ1) is 9.70. The van der Waals surface area contributed by atoms with Gasteiger partial charge in [-0.1, -0.05) is 0 Å². The van der Waals surface area contributed by atoms with Crippen molar-refractivity contribution in [3.05, 3.63) is 11.3 Å². The summed E-state index contributed by atoms with van der Waals surface area (Å²) in [4.78, 5) is 10.5. The van der Waals surface area contributed by atoms with E-state index in [2.05, 4.69) is 15.1 Å². The van der Waals surface area contributed by atoms with Crippen LogP contribution in [0.4, 0.5) is 11.9 Å². The summed E-state index contributed by atoms with van der Waals surface area (Å²) in [6.45, 7) is 3.92. The SMILES string of the molecule is Cc1nc(N(C)C)n2nc(N)nc2c1C. The van der Waals surface area contributed by atoms with Crippen LogP contribution in [0, 0.1) is 13.8 Å². The van der Waals surface area contributed by atoms with Crippen molar-refractivity contribution in [2.45, 2.75) is 13.8 Å². The van der Waals surface area contributed by atoms with Crippen molar-refractivity contribution in [1.29, 1.82) is 0 Å². The maximum atomic E-state index is 5.59. The highest BCUT2D eigenvalue weighted by Gasteiger charge is 2.13. The van der Waals surface area contributed by atoms with Gasteiger partial charge in [0.05, 0.1) is 0 Å². The summed E-state index contributed by atoms with van der Waals surface area (Å²) in [5.41, 5.74) is 8.30. The fraction of sp³-hybridized carbons (Fsp3) is 0.444. The van der Waals surface area contributed by atoms with Gasteiger partial charge in [0.15, 0.2) is 5.65 Å². The van der Waals surface area contributed by atoms with Crippen LogP contribution in [0.3, 0.4) is 0 Å². The fourth-order valence-electron chi connectivity index (χ4n) is 1.44. The van der Waals surface area contributed by atoms with E-state index in [0.29, 0.717) is 0 Å². The first-order valence-electron chi connectivity index (χ1n) is 4.67. The highest BCUT2D eigenvalue weighted by Crippen LogP contribution is 2.17. The Kier molecular flexibility index (Phi) is 1.99. The number of aromatic nitrogens is 4. The number of rotatable bonds is 1. The number of nitrogen functional groups attached to an aromatic ring is 1. The van der Waals surface area contributed by atoms with Crippen molar-refractivity contribution in [2.75, 3.05) is 24.7 Å². The van der Waals surface area contributed by atoms with Crippen LogP contribution in [0.15, 0.2) is 0 Å². The number of hydrogen-bond donors (Lipinski definition) is 1. The van der Waals surface area contributed by atoms with E-state index in [-0.39, 0.29) is 5.95 Å². The van der Waals surface area contributed by atoms with Gasteiger partial charge >= 0.3 is 0 Å². The van der Waals surface area contributed by atoms with Crippen LogP contribution >= 0.6 is 0 Å². The molecule has 0 amide bonds. The van der Waals surface area contributed by atoms with E-state index < -0.39 is 0 Å². The number of fused-ring (bicyclic) bond motifs is 1. The predicted octanol–water partition coefficient (Wildman–Crippen LogP) is 0.389. The standard InChI is InChI=1S/C9H14N6/c1-5-6(2)11-9(14(3)4)15-7(5)12-8(10)13-15/h1-4H3,(H2,10,13). The number of nitrogens with two attached hydrogens (primary N) is 1. The van der Waals surface area contributed by atoms with Gasteiger partial charge in [0.2, 0.25) is 11.9 Å². The monoisotopic (exact) mass is 206 g/mol. The molecule has 0 unspecified atom stereocenters. The summed E-state index contributed by atoms with van der Waals surface area (Å²) in [6, 6.07) is 0. The Bertz CT molecular complexity index is 513. The molecule has 0 aliphatic carbocycles. The lowest BCUT2D eigenvalue weighted by Crippen LogP contribution is -2.17. The number of anilines is 2. The van der Waals surface area contributed by atoms with Crippen LogP contribution in [0.5, 0.6) is 0 Å². The summed E-state index contributed by atoms with van der Waals surface area (Å²) >= 11 is 0. The van der Waals surface area contributed by atoms with Gasteiger partial charge in [-0.3, -0.25) is 0 Å². The Balaban J connectivity index is 2.87. The smallest absolute Gasteiger partial charge is 0.240 e. The largest absolute Gasteiger partial charge is 0.366 e. The average molecular weight is 206 g/mol. The number of hydrogen-bond acceptors (Lipinski definition) is 5. The molecule has 0 bridgehead atoms. The summed E-state index contributed by atoms with van der Waals surface area (Å²) in [5, 5.41) is 4.12. The zero-order chi connectivity index (χ0) is 11.2. The topological polar surface area (TPSA) is 72.3 Å². The van der Waals surface area contributed by atoms with E-state index in [0.717, 1.165) is 22.9 Å². The van der Waals surface area contributed by atoms with Gasteiger partial charge in [0.25, 0.3) is 0 Å². The van der Waals surface area contributed by atoms with E-state index in [1.165, 1.54) is 0 Å². The minimum atomic E-state index is 0.272. The first-order valence-corrected chi connectivity index (χ1v) is 4.67. The zero-order valence-electron chi connectivity index (χ0n) is 9.31. The molecule has 0 atom stereocenters. The molecule has 80 valence electrons. The van der Waals surface area contributed by atoms with Crippen LogP contribution in [-0.2, 0) is 0 Å². The van der Waals surface area contributed by atoms with Gasteiger partial charge in [-0.2, -0.15) is 9.50 Å². The van der Waals surface area contributed by atoms with Gasteiger partial charge in [-0.25, -0.2) is 4.98 Å². The summed E-state index contributed by atoms with van der Waals surface area (Å²) in [6.07, 6.45) is 0. The Labute approximate surface area is 87.7 Å². The number of aryl methyl sites for hydroxylation is 2. The molecule has 0 aromatic carbocycles. The predicted molar refractivity (Wildman–Crippen MR) is 59.0 cm³/mol. The molecule has 6 heteroatoms. The van der Waals surface area contributed by atoms with Gasteiger partial charge in [-0.05, 0) is 13.8 Å². The van der Waals surface area contributed by atoms with Crippen molar-refractivity contribution in [1.82, 2.24) is 19.6 Å². The normalized spacial score (nSPS) is 10.9. The number of nitrogens with zero attached hydrogens (tertiary/aromatic N) is 5. The molecule has 0 aliphatic heterocycles. The summed E-state index contributed by atoms with van der Waals surface area (Å²) < 4.78 is 1.66. The van der Waals surface area contributed by atoms with Crippen molar-refractivity contribution in [2.24, 2.45) is 0 Å². The minimum Gasteiger partial charge on any atom is -0.366 e. The Morgan fingerprint density at radius 1 is 1.20 bits per heavy atom. The van der Waals surface area contributed by atoms with Crippen molar-refractivity contribution in [3.8, 4) is 0 Å². The highest BCUT2D eigenvalue weighted by molar-refractivity contribution is 5.55. The second-order valence-electron chi connectivity index (χ2n) is 3.72. The maximum Gasteiger partial charge on any atom is 0.240 e. The maximum absolute atomic E-state index is 5.59. The summed E-state index contributed by atoms with van der Waals surface area (Å²) in [5.74, 6) is 1.01. The molecule has 2 rings (SSSR count). The molecule has 2 heterocycles. The Morgan fingerprint density at radius 3 is 2.47 bits per heavy atom. The van der Waals surface area contributed by atoms with Crippen molar-refractivity contribution in [3.63, 3.8) is 0 Å². The molecule has 0 spiro atoms. The van der Waals surface area contributed by atoms with Crippen LogP contribution in [0.1, 0.15) is 11.3 Å². The lowest BCUT2D eigenvalue weighted by Gasteiger charge is -2.13. The van der Waals surface area contributed by atoms with E-state index >= 15 is 0 Å². The molecule has 15 heavy (non-hydrogen) atoms. The van der Waals surface area contributed by atoms with Crippen molar-refractivity contribution < 1.29 is 0 Å². The second-order valence-corrected chi connectivity index (χ2v) is 3.72. The second kappa shape index (κ2) is 3.08. The van der Waals surface area contributed by atoms with E-state index in [1.807, 2.05) is 32.8 Å². The molecule has 0 fully saturated rings. The molecule has 0 aliphatic rings. The Morgan fingerprint density at radius 2 is 1.87 bits per heavy atom. The zero-order valence-corrected chi connectivity index (χ0v) is 9.31. The molecule has 6 nitrogen and oxygen atoms in total. The third kappa shape index (κ3) is 1.38. The van der Waals surface area contributed by atoms with E-state index in [9.17, 15) is 0 Å². The first-order chi connectivity index (χ1) is 7.00. The lowest BCUT2D eigenvalue weighted by molar-refractivity contribution is 0.858. The van der Waals surface area contributed by atoms with Crippen LogP contribution < -0.4 is 10.6 Å². The van der Waals surface area contributed by atoms with Crippen LogP contribution in [0.25, 0.3) is 5.65 Å².